The molecule has 4 heteroatoms. The molecule has 0 aliphatic heterocycles. The number of hydrogen-bond donors (Lipinski definition) is 0. The molecular formula is C35H33IrN3-2. The maximum Gasteiger partial charge on any atom is 0.0526 e. The van der Waals surface area contributed by atoms with Crippen molar-refractivity contribution in [1.82, 2.24) is 15.0 Å². The molecule has 1 aliphatic carbocycles. The van der Waals surface area contributed by atoms with Crippen molar-refractivity contribution in [3.63, 3.8) is 0 Å². The second-order valence-corrected chi connectivity index (χ2v) is 10.9. The van der Waals surface area contributed by atoms with E-state index in [2.05, 4.69) is 94.0 Å². The van der Waals surface area contributed by atoms with Crippen LogP contribution >= 0.6 is 0 Å². The van der Waals surface area contributed by atoms with E-state index in [1.807, 2.05) is 60.9 Å². The minimum Gasteiger partial charge on any atom is -0.305 e. The number of pyridine rings is 3. The van der Waals surface area contributed by atoms with E-state index in [4.69, 9.17) is 4.98 Å². The number of rotatable bonds is 2. The van der Waals surface area contributed by atoms with Crippen molar-refractivity contribution in [2.24, 2.45) is 0 Å². The molecule has 1 aliphatic rings. The van der Waals surface area contributed by atoms with Crippen molar-refractivity contribution in [3.05, 3.63) is 126 Å². The van der Waals surface area contributed by atoms with E-state index in [1.54, 1.807) is 0 Å². The molecule has 3 heterocycles. The van der Waals surface area contributed by atoms with Crippen LogP contribution in [0.15, 0.2) is 91.3 Å². The first-order valence-electron chi connectivity index (χ1n) is 13.0. The second kappa shape index (κ2) is 11.3. The van der Waals surface area contributed by atoms with Crippen molar-refractivity contribution < 1.29 is 20.1 Å². The molecule has 0 saturated carbocycles. The van der Waals surface area contributed by atoms with Gasteiger partial charge in [0.05, 0.1) is 5.69 Å². The first-order chi connectivity index (χ1) is 18.2. The van der Waals surface area contributed by atoms with Gasteiger partial charge in [-0.1, -0.05) is 63.1 Å². The van der Waals surface area contributed by atoms with Gasteiger partial charge in [0.15, 0.2) is 0 Å². The van der Waals surface area contributed by atoms with E-state index >= 15 is 0 Å². The molecule has 1 radical (unpaired) electrons. The molecule has 0 spiro atoms. The van der Waals surface area contributed by atoms with Crippen LogP contribution in [0.25, 0.3) is 33.6 Å². The van der Waals surface area contributed by atoms with Gasteiger partial charge in [0, 0.05) is 43.6 Å². The van der Waals surface area contributed by atoms with Gasteiger partial charge in [-0.3, -0.25) is 4.98 Å². The molecule has 6 rings (SSSR count). The van der Waals surface area contributed by atoms with Gasteiger partial charge >= 0.3 is 0 Å². The molecule has 0 saturated heterocycles. The van der Waals surface area contributed by atoms with Gasteiger partial charge in [0.2, 0.25) is 0 Å². The number of benzene rings is 2. The van der Waals surface area contributed by atoms with Gasteiger partial charge in [0.1, 0.15) is 0 Å². The summed E-state index contributed by atoms with van der Waals surface area (Å²) in [6.45, 7) is 13.3. The number of fused-ring (bicyclic) bond motifs is 3. The van der Waals surface area contributed by atoms with Gasteiger partial charge in [0.25, 0.3) is 0 Å². The Balaban J connectivity index is 0.000000213. The molecule has 199 valence electrons. The normalized spacial score (nSPS) is 14.1. The SMILES string of the molecule is Cc1ccc2c(n1)C(C)(C)C(C)(C)c1c[c-]c(-c3ccccn3)cc1-2.Cc1cccnc1-c1[c-]cccc1.[Ir]. The topological polar surface area (TPSA) is 38.7 Å². The van der Waals surface area contributed by atoms with Crippen LogP contribution in [0.4, 0.5) is 0 Å². The Bertz CT molecular complexity index is 1570. The van der Waals surface area contributed by atoms with E-state index in [0.29, 0.717) is 0 Å². The molecule has 0 N–H and O–H groups in total. The maximum absolute atomic E-state index is 4.94. The summed E-state index contributed by atoms with van der Waals surface area (Å²) < 4.78 is 0. The molecule has 5 aromatic rings. The standard InChI is InChI=1S/C23H23N2.C12H10N.Ir/c1-15-9-11-17-18-14-16(20-8-6-7-13-24-20)10-12-19(18)22(2,3)23(4,5)21(17)25-15;1-10-6-5-9-13-12(10)11-7-3-2-4-8-11;/h6-9,11-14H,1-5H3;2-7,9H,1H3;/q2*-1;. The van der Waals surface area contributed by atoms with Crippen LogP contribution < -0.4 is 0 Å². The fourth-order valence-corrected chi connectivity index (χ4v) is 5.09. The van der Waals surface area contributed by atoms with Crippen molar-refractivity contribution in [3.8, 4) is 33.6 Å². The first-order valence-corrected chi connectivity index (χ1v) is 13.0. The van der Waals surface area contributed by atoms with Crippen molar-refractivity contribution in [1.29, 1.82) is 0 Å². The van der Waals surface area contributed by atoms with E-state index < -0.39 is 0 Å². The summed E-state index contributed by atoms with van der Waals surface area (Å²) in [6.07, 6.45) is 3.64. The Morgan fingerprint density at radius 2 is 1.46 bits per heavy atom. The third kappa shape index (κ3) is 5.37. The molecule has 3 aromatic heterocycles. The monoisotopic (exact) mass is 688 g/mol. The van der Waals surface area contributed by atoms with Crippen LogP contribution in [0.1, 0.15) is 50.2 Å². The smallest absolute Gasteiger partial charge is 0.0526 e. The van der Waals surface area contributed by atoms with Gasteiger partial charge in [-0.2, -0.15) is 0 Å². The zero-order valence-electron chi connectivity index (χ0n) is 23.3. The second-order valence-electron chi connectivity index (χ2n) is 10.9. The first kappa shape index (κ1) is 28.5. The molecule has 0 bridgehead atoms. The molecule has 0 amide bonds. The van der Waals surface area contributed by atoms with Crippen molar-refractivity contribution >= 4 is 0 Å². The largest absolute Gasteiger partial charge is 0.305 e. The summed E-state index contributed by atoms with van der Waals surface area (Å²) in [5, 5.41) is 0. The summed E-state index contributed by atoms with van der Waals surface area (Å²) >= 11 is 0. The molecule has 39 heavy (non-hydrogen) atoms. The predicted molar refractivity (Wildman–Crippen MR) is 156 cm³/mol. The average Bonchev–Trinajstić information content (AvgIpc) is 2.93. The van der Waals surface area contributed by atoms with E-state index in [9.17, 15) is 0 Å². The van der Waals surface area contributed by atoms with Crippen LogP contribution in [0.3, 0.4) is 0 Å². The van der Waals surface area contributed by atoms with Crippen LogP contribution in [-0.4, -0.2) is 15.0 Å². The number of nitrogens with zero attached hydrogens (tertiary/aromatic N) is 3. The molecular weight excluding hydrogens is 655 g/mol. The van der Waals surface area contributed by atoms with Gasteiger partial charge in [-0.15, -0.1) is 65.2 Å². The van der Waals surface area contributed by atoms with Gasteiger partial charge in [-0.05, 0) is 54.4 Å². The Hall–Kier alpha value is -3.46. The minimum atomic E-state index is -0.0539. The average molecular weight is 688 g/mol. The molecule has 0 fully saturated rings. The van der Waals surface area contributed by atoms with Gasteiger partial charge in [-0.25, -0.2) is 0 Å². The van der Waals surface area contributed by atoms with Gasteiger partial charge < -0.3 is 9.97 Å². The van der Waals surface area contributed by atoms with Crippen LogP contribution in [-0.2, 0) is 30.9 Å². The Morgan fingerprint density at radius 1 is 0.692 bits per heavy atom. The molecule has 0 unspecified atom stereocenters. The Labute approximate surface area is 246 Å². The van der Waals surface area contributed by atoms with Crippen molar-refractivity contribution in [2.45, 2.75) is 52.4 Å². The molecule has 3 nitrogen and oxygen atoms in total. The number of aromatic nitrogens is 3. The van der Waals surface area contributed by atoms with E-state index in [0.717, 1.165) is 28.2 Å². The maximum atomic E-state index is 4.94. The fourth-order valence-electron chi connectivity index (χ4n) is 5.09. The summed E-state index contributed by atoms with van der Waals surface area (Å²) in [5.74, 6) is 0. The summed E-state index contributed by atoms with van der Waals surface area (Å²) in [4.78, 5) is 13.7. The number of hydrogen-bond acceptors (Lipinski definition) is 3. The quantitative estimate of drug-likeness (QED) is 0.175. The minimum absolute atomic E-state index is 0. The third-order valence-electron chi connectivity index (χ3n) is 8.02. The van der Waals surface area contributed by atoms with Crippen molar-refractivity contribution in [2.75, 3.05) is 0 Å². The summed E-state index contributed by atoms with van der Waals surface area (Å²) in [5.41, 5.74) is 11.2. The predicted octanol–water partition coefficient (Wildman–Crippen LogP) is 8.34. The molecule has 0 atom stereocenters. The molecule has 2 aromatic carbocycles. The van der Waals surface area contributed by atoms with E-state index in [1.165, 1.54) is 27.9 Å². The van der Waals surface area contributed by atoms with Crippen LogP contribution in [0.5, 0.6) is 0 Å². The summed E-state index contributed by atoms with van der Waals surface area (Å²) in [6, 6.07) is 33.2. The van der Waals surface area contributed by atoms with Crippen LogP contribution in [0.2, 0.25) is 0 Å². The Kier molecular flexibility index (Phi) is 8.30. The fraction of sp³-hybridized carbons (Fsp3) is 0.229. The van der Waals surface area contributed by atoms with Crippen LogP contribution in [0, 0.1) is 26.0 Å². The third-order valence-corrected chi connectivity index (χ3v) is 8.02. The van der Waals surface area contributed by atoms with E-state index in [-0.39, 0.29) is 30.9 Å². The number of aryl methyl sites for hydroxylation is 2. The summed E-state index contributed by atoms with van der Waals surface area (Å²) in [7, 11) is 0. The zero-order valence-corrected chi connectivity index (χ0v) is 25.7. The zero-order chi connectivity index (χ0) is 26.9. The Morgan fingerprint density at radius 3 is 2.15 bits per heavy atom.